The van der Waals surface area contributed by atoms with E-state index in [0.29, 0.717) is 18.8 Å². The predicted octanol–water partition coefficient (Wildman–Crippen LogP) is 0.0157. The molecule has 8 heteroatoms. The second-order valence-electron chi connectivity index (χ2n) is 4.93. The van der Waals surface area contributed by atoms with Crippen LogP contribution in [0.3, 0.4) is 0 Å². The van der Waals surface area contributed by atoms with Crippen LogP contribution in [0.4, 0.5) is 5.82 Å². The van der Waals surface area contributed by atoms with E-state index in [9.17, 15) is 13.2 Å². The van der Waals surface area contributed by atoms with Gasteiger partial charge in [-0.25, -0.2) is 18.4 Å². The molecule has 1 amide bonds. The molecule has 1 aromatic rings. The lowest BCUT2D eigenvalue weighted by Crippen LogP contribution is -2.33. The number of nitrogens with one attached hydrogen (secondary N) is 1. The molecule has 1 aliphatic rings. The van der Waals surface area contributed by atoms with E-state index < -0.39 is 9.84 Å². The van der Waals surface area contributed by atoms with Gasteiger partial charge in [0.25, 0.3) is 5.91 Å². The minimum Gasteiger partial charge on any atom is -0.354 e. The number of rotatable bonds is 5. The maximum absolute atomic E-state index is 11.7. The van der Waals surface area contributed by atoms with E-state index in [4.69, 9.17) is 0 Å². The van der Waals surface area contributed by atoms with Gasteiger partial charge in [0.2, 0.25) is 0 Å². The van der Waals surface area contributed by atoms with E-state index in [1.165, 1.54) is 12.4 Å². The van der Waals surface area contributed by atoms with Crippen molar-refractivity contribution in [2.75, 3.05) is 30.0 Å². The van der Waals surface area contributed by atoms with Gasteiger partial charge in [-0.3, -0.25) is 4.79 Å². The second kappa shape index (κ2) is 6.21. The summed E-state index contributed by atoms with van der Waals surface area (Å²) in [6.07, 6.45) is 5.03. The van der Waals surface area contributed by atoms with Crippen molar-refractivity contribution in [3.8, 4) is 0 Å². The lowest BCUT2D eigenvalue weighted by atomic mass is 10.2. The third-order valence-electron chi connectivity index (χ3n) is 3.40. The van der Waals surface area contributed by atoms with E-state index >= 15 is 0 Å². The molecule has 2 rings (SSSR count). The van der Waals surface area contributed by atoms with Crippen molar-refractivity contribution >= 4 is 21.6 Å². The van der Waals surface area contributed by atoms with Crippen LogP contribution in [0.15, 0.2) is 25.0 Å². The van der Waals surface area contributed by atoms with Crippen molar-refractivity contribution in [2.45, 2.75) is 12.5 Å². The highest BCUT2D eigenvalue weighted by atomic mass is 32.2. The van der Waals surface area contributed by atoms with Crippen LogP contribution in [0.2, 0.25) is 0 Å². The molecule has 1 aliphatic heterocycles. The average Bonchev–Trinajstić information content (AvgIpc) is 2.84. The normalized spacial score (nSPS) is 20.0. The molecule has 1 saturated heterocycles. The van der Waals surface area contributed by atoms with Gasteiger partial charge in [0.05, 0.1) is 23.9 Å². The maximum atomic E-state index is 11.7. The van der Waals surface area contributed by atoms with Gasteiger partial charge in [-0.15, -0.1) is 6.58 Å². The molecule has 0 saturated carbocycles. The highest BCUT2D eigenvalue weighted by molar-refractivity contribution is 7.91. The smallest absolute Gasteiger partial charge is 0.271 e. The molecular formula is C13H18N4O3S. The van der Waals surface area contributed by atoms with Gasteiger partial charge in [0, 0.05) is 19.6 Å². The zero-order valence-corrected chi connectivity index (χ0v) is 12.6. The summed E-state index contributed by atoms with van der Waals surface area (Å²) in [6, 6.07) is -0.0928. The van der Waals surface area contributed by atoms with Crippen molar-refractivity contribution in [3.63, 3.8) is 0 Å². The molecule has 1 atom stereocenters. The standard InChI is InChI=1S/C13H18N4O3S/c1-3-5-14-13(18)11-7-16-12(8-15-11)17(2)10-4-6-21(19,20)9-10/h3,7-8,10H,1,4-6,9H2,2H3,(H,14,18). The summed E-state index contributed by atoms with van der Waals surface area (Å²) in [5, 5.41) is 2.61. The van der Waals surface area contributed by atoms with Crippen molar-refractivity contribution in [3.05, 3.63) is 30.7 Å². The van der Waals surface area contributed by atoms with Crippen molar-refractivity contribution < 1.29 is 13.2 Å². The highest BCUT2D eigenvalue weighted by Gasteiger charge is 2.31. The lowest BCUT2D eigenvalue weighted by molar-refractivity contribution is 0.0952. The van der Waals surface area contributed by atoms with Gasteiger partial charge < -0.3 is 10.2 Å². The summed E-state index contributed by atoms with van der Waals surface area (Å²) in [7, 11) is -1.16. The van der Waals surface area contributed by atoms with Crippen molar-refractivity contribution in [1.82, 2.24) is 15.3 Å². The van der Waals surface area contributed by atoms with E-state index in [1.807, 2.05) is 0 Å². The number of amides is 1. The Labute approximate surface area is 124 Å². The Hall–Kier alpha value is -1.96. The van der Waals surface area contributed by atoms with Gasteiger partial charge in [-0.05, 0) is 6.42 Å². The molecule has 21 heavy (non-hydrogen) atoms. The first-order valence-corrected chi connectivity index (χ1v) is 8.39. The maximum Gasteiger partial charge on any atom is 0.271 e. The summed E-state index contributed by atoms with van der Waals surface area (Å²) in [4.78, 5) is 21.7. The molecule has 0 aliphatic carbocycles. The third-order valence-corrected chi connectivity index (χ3v) is 5.15. The molecule has 2 heterocycles. The van der Waals surface area contributed by atoms with Crippen molar-refractivity contribution in [2.24, 2.45) is 0 Å². The Morgan fingerprint density at radius 3 is 2.81 bits per heavy atom. The molecule has 1 aromatic heterocycles. The molecule has 114 valence electrons. The number of carbonyl (C=O) groups is 1. The lowest BCUT2D eigenvalue weighted by Gasteiger charge is -2.23. The first-order valence-electron chi connectivity index (χ1n) is 6.57. The number of anilines is 1. The van der Waals surface area contributed by atoms with Crippen LogP contribution in [0.1, 0.15) is 16.9 Å². The molecule has 1 unspecified atom stereocenters. The molecular weight excluding hydrogens is 292 g/mol. The van der Waals surface area contributed by atoms with Gasteiger partial charge in [0.15, 0.2) is 9.84 Å². The number of hydrogen-bond acceptors (Lipinski definition) is 6. The van der Waals surface area contributed by atoms with E-state index in [0.717, 1.165) is 0 Å². The summed E-state index contributed by atoms with van der Waals surface area (Å²) in [6.45, 7) is 3.88. The van der Waals surface area contributed by atoms with Gasteiger partial charge in [0.1, 0.15) is 11.5 Å². The minimum atomic E-state index is -2.94. The molecule has 7 nitrogen and oxygen atoms in total. The topological polar surface area (TPSA) is 92.3 Å². The second-order valence-corrected chi connectivity index (χ2v) is 7.16. The third kappa shape index (κ3) is 3.78. The number of nitrogens with zero attached hydrogens (tertiary/aromatic N) is 3. The Bertz CT molecular complexity index is 627. The van der Waals surface area contributed by atoms with Crippen LogP contribution in [-0.4, -0.2) is 55.4 Å². The number of hydrogen-bond donors (Lipinski definition) is 1. The average molecular weight is 310 g/mol. The van der Waals surface area contributed by atoms with Crippen molar-refractivity contribution in [1.29, 1.82) is 0 Å². The Morgan fingerprint density at radius 1 is 1.52 bits per heavy atom. The summed E-state index contributed by atoms with van der Waals surface area (Å²) < 4.78 is 23.0. The van der Waals surface area contributed by atoms with Crippen LogP contribution in [0.25, 0.3) is 0 Å². The molecule has 0 aromatic carbocycles. The predicted molar refractivity (Wildman–Crippen MR) is 80.0 cm³/mol. The molecule has 0 spiro atoms. The Kier molecular flexibility index (Phi) is 4.56. The van der Waals surface area contributed by atoms with Gasteiger partial charge in [-0.2, -0.15) is 0 Å². The number of carbonyl (C=O) groups excluding carboxylic acids is 1. The fourth-order valence-electron chi connectivity index (χ4n) is 2.14. The first kappa shape index (κ1) is 15.4. The van der Waals surface area contributed by atoms with E-state index in [-0.39, 0.29) is 29.1 Å². The van der Waals surface area contributed by atoms with Crippen LogP contribution in [-0.2, 0) is 9.84 Å². The van der Waals surface area contributed by atoms with Gasteiger partial charge in [-0.1, -0.05) is 6.08 Å². The van der Waals surface area contributed by atoms with Crippen LogP contribution in [0, 0.1) is 0 Å². The fourth-order valence-corrected chi connectivity index (χ4v) is 3.92. The van der Waals surface area contributed by atoms with Gasteiger partial charge >= 0.3 is 0 Å². The SMILES string of the molecule is C=CCNC(=O)c1cnc(N(C)C2CCS(=O)(=O)C2)cn1. The fraction of sp³-hybridized carbons (Fsp3) is 0.462. The Morgan fingerprint density at radius 2 is 2.29 bits per heavy atom. The monoisotopic (exact) mass is 310 g/mol. The minimum absolute atomic E-state index is 0.0928. The van der Waals surface area contributed by atoms with Crippen LogP contribution < -0.4 is 10.2 Å². The number of aromatic nitrogens is 2. The first-order chi connectivity index (χ1) is 9.93. The summed E-state index contributed by atoms with van der Waals surface area (Å²) >= 11 is 0. The summed E-state index contributed by atoms with van der Waals surface area (Å²) in [5.41, 5.74) is 0.216. The molecule has 1 N–H and O–H groups in total. The van der Waals surface area contributed by atoms with E-state index in [1.54, 1.807) is 18.0 Å². The molecule has 1 fully saturated rings. The molecule has 0 radical (unpaired) electrons. The summed E-state index contributed by atoms with van der Waals surface area (Å²) in [5.74, 6) is 0.571. The molecule has 0 bridgehead atoms. The zero-order valence-electron chi connectivity index (χ0n) is 11.8. The largest absolute Gasteiger partial charge is 0.354 e. The quantitative estimate of drug-likeness (QED) is 0.771. The Balaban J connectivity index is 2.05. The highest BCUT2D eigenvalue weighted by Crippen LogP contribution is 2.20. The zero-order chi connectivity index (χ0) is 15.5. The van der Waals surface area contributed by atoms with Crippen LogP contribution in [0.5, 0.6) is 0 Å². The van der Waals surface area contributed by atoms with Crippen LogP contribution >= 0.6 is 0 Å². The van der Waals surface area contributed by atoms with E-state index in [2.05, 4.69) is 21.9 Å². The number of sulfone groups is 1.